The zero-order chi connectivity index (χ0) is 25.7. The van der Waals surface area contributed by atoms with E-state index in [1.54, 1.807) is 24.3 Å². The lowest BCUT2D eigenvalue weighted by atomic mass is 9.96. The van der Waals surface area contributed by atoms with Gasteiger partial charge in [0.05, 0.1) is 0 Å². The van der Waals surface area contributed by atoms with Crippen molar-refractivity contribution in [3.63, 3.8) is 0 Å². The topological polar surface area (TPSA) is 92.8 Å². The summed E-state index contributed by atoms with van der Waals surface area (Å²) in [5.41, 5.74) is 1.60. The Hall–Kier alpha value is -3.72. The SMILES string of the molecule is CS(=O)(=O)CC(=O)N1C[C@H](Cc2ccccc2)C[C@H]1C(=O)Nc1ccc(Oc2ccc(F)cc2)cc1. The maximum absolute atomic E-state index is 13.2. The van der Waals surface area contributed by atoms with Gasteiger partial charge in [-0.2, -0.15) is 0 Å². The van der Waals surface area contributed by atoms with Crippen LogP contribution in [0.25, 0.3) is 0 Å². The van der Waals surface area contributed by atoms with Crippen molar-refractivity contribution in [2.75, 3.05) is 23.9 Å². The molecule has 0 unspecified atom stereocenters. The number of likely N-dealkylation sites (tertiary alicyclic amines) is 1. The molecular weight excluding hydrogens is 483 g/mol. The third-order valence-corrected chi connectivity index (χ3v) is 6.71. The number of halogens is 1. The molecule has 1 aliphatic heterocycles. The number of carbonyl (C=O) groups is 2. The summed E-state index contributed by atoms with van der Waals surface area (Å²) in [4.78, 5) is 27.4. The van der Waals surface area contributed by atoms with Crippen LogP contribution < -0.4 is 10.1 Å². The van der Waals surface area contributed by atoms with Crippen molar-refractivity contribution in [1.29, 1.82) is 0 Å². The Balaban J connectivity index is 1.44. The van der Waals surface area contributed by atoms with Gasteiger partial charge in [-0.15, -0.1) is 0 Å². The molecule has 1 heterocycles. The Morgan fingerprint density at radius 1 is 0.972 bits per heavy atom. The normalized spacial score (nSPS) is 17.6. The van der Waals surface area contributed by atoms with Crippen LogP contribution in [-0.2, 0) is 25.8 Å². The van der Waals surface area contributed by atoms with Crippen LogP contribution in [-0.4, -0.2) is 49.7 Å². The lowest BCUT2D eigenvalue weighted by Gasteiger charge is -2.23. The summed E-state index contributed by atoms with van der Waals surface area (Å²) in [6, 6.07) is 21.3. The molecule has 2 atom stereocenters. The number of carbonyl (C=O) groups excluding carboxylic acids is 2. The second-order valence-electron chi connectivity index (χ2n) is 8.99. The minimum Gasteiger partial charge on any atom is -0.457 e. The average molecular weight is 511 g/mol. The van der Waals surface area contributed by atoms with Gasteiger partial charge in [0.2, 0.25) is 11.8 Å². The lowest BCUT2D eigenvalue weighted by molar-refractivity contribution is -0.134. The van der Waals surface area contributed by atoms with Crippen LogP contribution >= 0.6 is 0 Å². The quantitative estimate of drug-likeness (QED) is 0.493. The molecule has 7 nitrogen and oxygen atoms in total. The van der Waals surface area contributed by atoms with Gasteiger partial charge in [-0.05, 0) is 72.9 Å². The van der Waals surface area contributed by atoms with Crippen molar-refractivity contribution in [3.8, 4) is 11.5 Å². The molecule has 4 rings (SSSR count). The number of anilines is 1. The number of amides is 2. The van der Waals surface area contributed by atoms with Gasteiger partial charge < -0.3 is 15.0 Å². The summed E-state index contributed by atoms with van der Waals surface area (Å²) in [5, 5.41) is 2.83. The highest BCUT2D eigenvalue weighted by atomic mass is 32.2. The molecule has 0 aromatic heterocycles. The van der Waals surface area contributed by atoms with Gasteiger partial charge >= 0.3 is 0 Å². The molecule has 1 N–H and O–H groups in total. The summed E-state index contributed by atoms with van der Waals surface area (Å²) in [6.45, 7) is 0.311. The average Bonchev–Trinajstić information content (AvgIpc) is 3.26. The van der Waals surface area contributed by atoms with Crippen molar-refractivity contribution in [3.05, 3.63) is 90.2 Å². The van der Waals surface area contributed by atoms with Crippen molar-refractivity contribution < 1.29 is 27.1 Å². The molecule has 0 radical (unpaired) electrons. The minimum absolute atomic E-state index is 0.0261. The Bertz CT molecular complexity index is 1310. The van der Waals surface area contributed by atoms with Crippen LogP contribution in [0, 0.1) is 11.7 Å². The third kappa shape index (κ3) is 6.91. The summed E-state index contributed by atoms with van der Waals surface area (Å²) < 4.78 is 42.2. The molecule has 9 heteroatoms. The number of nitrogens with one attached hydrogen (secondary N) is 1. The van der Waals surface area contributed by atoms with Crippen LogP contribution in [0.4, 0.5) is 10.1 Å². The van der Waals surface area contributed by atoms with Gasteiger partial charge in [0.15, 0.2) is 9.84 Å². The molecule has 0 saturated carbocycles. The minimum atomic E-state index is -3.54. The van der Waals surface area contributed by atoms with E-state index in [2.05, 4.69) is 5.32 Å². The van der Waals surface area contributed by atoms with E-state index >= 15 is 0 Å². The second kappa shape index (κ2) is 10.9. The molecule has 3 aromatic rings. The van der Waals surface area contributed by atoms with Crippen LogP contribution in [0.1, 0.15) is 12.0 Å². The first-order chi connectivity index (χ1) is 17.2. The molecule has 188 valence electrons. The molecule has 1 aliphatic rings. The van der Waals surface area contributed by atoms with Gasteiger partial charge in [0.25, 0.3) is 0 Å². The first-order valence-electron chi connectivity index (χ1n) is 11.5. The van der Waals surface area contributed by atoms with Crippen molar-refractivity contribution in [1.82, 2.24) is 4.90 Å². The maximum atomic E-state index is 13.2. The third-order valence-electron chi connectivity index (χ3n) is 5.93. The monoisotopic (exact) mass is 510 g/mol. The Morgan fingerprint density at radius 3 is 2.19 bits per heavy atom. The number of hydrogen-bond acceptors (Lipinski definition) is 5. The van der Waals surface area contributed by atoms with E-state index in [-0.39, 0.29) is 17.6 Å². The smallest absolute Gasteiger partial charge is 0.247 e. The number of nitrogens with zero attached hydrogens (tertiary/aromatic N) is 1. The molecule has 1 fully saturated rings. The number of hydrogen-bond donors (Lipinski definition) is 1. The Morgan fingerprint density at radius 2 is 1.58 bits per heavy atom. The molecule has 0 spiro atoms. The van der Waals surface area contributed by atoms with Gasteiger partial charge in [0.1, 0.15) is 29.1 Å². The van der Waals surface area contributed by atoms with Gasteiger partial charge in [0, 0.05) is 18.5 Å². The van der Waals surface area contributed by atoms with Crippen molar-refractivity contribution in [2.45, 2.75) is 18.9 Å². The first kappa shape index (κ1) is 25.4. The first-order valence-corrected chi connectivity index (χ1v) is 13.6. The van der Waals surface area contributed by atoms with E-state index in [1.807, 2.05) is 30.3 Å². The van der Waals surface area contributed by atoms with Gasteiger partial charge in [-0.25, -0.2) is 12.8 Å². The summed E-state index contributed by atoms with van der Waals surface area (Å²) in [6.07, 6.45) is 2.12. The Kier molecular flexibility index (Phi) is 7.69. The highest BCUT2D eigenvalue weighted by Gasteiger charge is 2.40. The van der Waals surface area contributed by atoms with E-state index < -0.39 is 27.5 Å². The standard InChI is InChI=1S/C27H27FN2O5S/c1-36(33,34)18-26(31)30-17-20(15-19-5-3-2-4-6-19)16-25(30)27(32)29-22-9-13-24(14-10-22)35-23-11-7-21(28)8-12-23/h2-14,20,25H,15-18H2,1H3,(H,29,32)/t20-,25+/m1/s1. The fourth-order valence-corrected chi connectivity index (χ4v) is 4.93. The van der Waals surface area contributed by atoms with Crippen LogP contribution in [0.2, 0.25) is 0 Å². The highest BCUT2D eigenvalue weighted by molar-refractivity contribution is 7.91. The van der Waals surface area contributed by atoms with Crippen LogP contribution in [0.5, 0.6) is 11.5 Å². The second-order valence-corrected chi connectivity index (χ2v) is 11.1. The fraction of sp³-hybridized carbons (Fsp3) is 0.259. The Labute approximate surface area is 209 Å². The maximum Gasteiger partial charge on any atom is 0.247 e. The summed E-state index contributed by atoms with van der Waals surface area (Å²) >= 11 is 0. The lowest BCUT2D eigenvalue weighted by Crippen LogP contribution is -2.45. The predicted molar refractivity (Wildman–Crippen MR) is 135 cm³/mol. The number of rotatable bonds is 8. The van der Waals surface area contributed by atoms with E-state index in [0.29, 0.717) is 36.6 Å². The summed E-state index contributed by atoms with van der Waals surface area (Å²) in [5.74, 6) is -0.932. The molecule has 36 heavy (non-hydrogen) atoms. The van der Waals surface area contributed by atoms with Gasteiger partial charge in [-0.1, -0.05) is 30.3 Å². The zero-order valence-electron chi connectivity index (χ0n) is 19.8. The van der Waals surface area contributed by atoms with E-state index in [4.69, 9.17) is 4.74 Å². The van der Waals surface area contributed by atoms with E-state index in [0.717, 1.165) is 11.8 Å². The van der Waals surface area contributed by atoms with Crippen LogP contribution in [0.15, 0.2) is 78.9 Å². The fourth-order valence-electron chi connectivity index (χ4n) is 4.32. The molecule has 1 saturated heterocycles. The molecule has 0 bridgehead atoms. The summed E-state index contributed by atoms with van der Waals surface area (Å²) in [7, 11) is -3.54. The number of benzene rings is 3. The molecule has 2 amide bonds. The van der Waals surface area contributed by atoms with E-state index in [1.165, 1.54) is 29.2 Å². The molecule has 0 aliphatic carbocycles. The highest BCUT2D eigenvalue weighted by Crippen LogP contribution is 2.29. The zero-order valence-corrected chi connectivity index (χ0v) is 20.6. The molecular formula is C27H27FN2O5S. The largest absolute Gasteiger partial charge is 0.457 e. The predicted octanol–water partition coefficient (Wildman–Crippen LogP) is 4.06. The van der Waals surface area contributed by atoms with Crippen molar-refractivity contribution in [2.24, 2.45) is 5.92 Å². The van der Waals surface area contributed by atoms with Crippen molar-refractivity contribution >= 4 is 27.3 Å². The van der Waals surface area contributed by atoms with Gasteiger partial charge in [-0.3, -0.25) is 9.59 Å². The van der Waals surface area contributed by atoms with E-state index in [9.17, 15) is 22.4 Å². The number of sulfone groups is 1. The molecule has 3 aromatic carbocycles. The van der Waals surface area contributed by atoms with Crippen LogP contribution in [0.3, 0.4) is 0 Å². The number of ether oxygens (including phenoxy) is 1.